The topological polar surface area (TPSA) is 76.8 Å². The SMILES string of the molecule is Cc1nc(N2CCC(Cn3nc(C4CC4)ccc3=O)CC2)c2cccnc2n1. The van der Waals surface area contributed by atoms with E-state index < -0.39 is 0 Å². The maximum absolute atomic E-state index is 12.2. The van der Waals surface area contributed by atoms with Crippen LogP contribution in [0.1, 0.15) is 43.1 Å². The summed E-state index contributed by atoms with van der Waals surface area (Å²) in [5.41, 5.74) is 1.84. The molecule has 1 saturated heterocycles. The Morgan fingerprint density at radius 2 is 1.89 bits per heavy atom. The van der Waals surface area contributed by atoms with E-state index in [1.807, 2.05) is 25.1 Å². The molecule has 7 nitrogen and oxygen atoms in total. The molecule has 2 aliphatic rings. The first kappa shape index (κ1) is 17.3. The van der Waals surface area contributed by atoms with Crippen molar-refractivity contribution in [1.29, 1.82) is 0 Å². The molecule has 0 radical (unpaired) electrons. The smallest absolute Gasteiger partial charge is 0.266 e. The second kappa shape index (κ2) is 6.96. The molecule has 5 rings (SSSR count). The molecule has 0 unspecified atom stereocenters. The highest BCUT2D eigenvalue weighted by Gasteiger charge is 2.27. The summed E-state index contributed by atoms with van der Waals surface area (Å²) in [6, 6.07) is 7.55. The van der Waals surface area contributed by atoms with E-state index in [0.717, 1.165) is 54.3 Å². The summed E-state index contributed by atoms with van der Waals surface area (Å²) in [5.74, 6) is 2.75. The Kier molecular flexibility index (Phi) is 4.30. The summed E-state index contributed by atoms with van der Waals surface area (Å²) in [7, 11) is 0. The number of aryl methyl sites for hydroxylation is 1. The monoisotopic (exact) mass is 376 g/mol. The second-order valence-corrected chi connectivity index (χ2v) is 7.95. The fraction of sp³-hybridized carbons (Fsp3) is 0.476. The van der Waals surface area contributed by atoms with Crippen LogP contribution in [0.25, 0.3) is 11.0 Å². The lowest BCUT2D eigenvalue weighted by Gasteiger charge is -2.33. The lowest BCUT2D eigenvalue weighted by atomic mass is 9.96. The molecule has 3 aromatic heterocycles. The third-order valence-electron chi connectivity index (χ3n) is 5.79. The van der Waals surface area contributed by atoms with E-state index in [-0.39, 0.29) is 5.56 Å². The van der Waals surface area contributed by atoms with Gasteiger partial charge in [-0.25, -0.2) is 19.6 Å². The van der Waals surface area contributed by atoms with Crippen LogP contribution in [0.4, 0.5) is 5.82 Å². The van der Waals surface area contributed by atoms with Crippen LogP contribution in [0, 0.1) is 12.8 Å². The molecule has 0 N–H and O–H groups in total. The van der Waals surface area contributed by atoms with Gasteiger partial charge in [0.25, 0.3) is 5.56 Å². The Hall–Kier alpha value is -2.83. The lowest BCUT2D eigenvalue weighted by molar-refractivity contribution is 0.333. The predicted molar refractivity (Wildman–Crippen MR) is 107 cm³/mol. The molecule has 1 aliphatic carbocycles. The van der Waals surface area contributed by atoms with Crippen molar-refractivity contribution in [2.24, 2.45) is 5.92 Å². The zero-order valence-electron chi connectivity index (χ0n) is 16.1. The number of hydrogen-bond donors (Lipinski definition) is 0. The summed E-state index contributed by atoms with van der Waals surface area (Å²) in [4.78, 5) is 28.1. The highest BCUT2D eigenvalue weighted by Crippen LogP contribution is 2.38. The van der Waals surface area contributed by atoms with Crippen molar-refractivity contribution in [3.8, 4) is 0 Å². The number of pyridine rings is 1. The second-order valence-electron chi connectivity index (χ2n) is 7.95. The lowest BCUT2D eigenvalue weighted by Crippen LogP contribution is -2.37. The van der Waals surface area contributed by atoms with Crippen molar-refractivity contribution >= 4 is 16.9 Å². The third kappa shape index (κ3) is 3.37. The predicted octanol–water partition coefficient (Wildman–Crippen LogP) is 2.68. The zero-order valence-corrected chi connectivity index (χ0v) is 16.1. The van der Waals surface area contributed by atoms with E-state index in [0.29, 0.717) is 18.4 Å². The third-order valence-corrected chi connectivity index (χ3v) is 5.79. The molecule has 0 bridgehead atoms. The van der Waals surface area contributed by atoms with Gasteiger partial charge in [-0.05, 0) is 56.7 Å². The van der Waals surface area contributed by atoms with Gasteiger partial charge in [0.05, 0.1) is 11.1 Å². The summed E-state index contributed by atoms with van der Waals surface area (Å²) < 4.78 is 1.68. The van der Waals surface area contributed by atoms with E-state index in [4.69, 9.17) is 4.98 Å². The highest BCUT2D eigenvalue weighted by atomic mass is 16.1. The van der Waals surface area contributed by atoms with Gasteiger partial charge < -0.3 is 4.90 Å². The van der Waals surface area contributed by atoms with E-state index >= 15 is 0 Å². The van der Waals surface area contributed by atoms with Crippen LogP contribution >= 0.6 is 0 Å². The zero-order chi connectivity index (χ0) is 19.1. The molecule has 7 heteroatoms. The maximum atomic E-state index is 12.2. The van der Waals surface area contributed by atoms with Crippen molar-refractivity contribution in [2.45, 2.75) is 45.1 Å². The number of rotatable bonds is 4. The molecule has 1 aliphatic heterocycles. The number of fused-ring (bicyclic) bond motifs is 1. The van der Waals surface area contributed by atoms with Gasteiger partial charge in [-0.15, -0.1) is 0 Å². The van der Waals surface area contributed by atoms with Crippen LogP contribution in [-0.4, -0.2) is 37.8 Å². The molecule has 4 heterocycles. The first-order valence-corrected chi connectivity index (χ1v) is 10.1. The molecule has 0 amide bonds. The van der Waals surface area contributed by atoms with Crippen molar-refractivity contribution in [1.82, 2.24) is 24.7 Å². The molecular weight excluding hydrogens is 352 g/mol. The fourth-order valence-electron chi connectivity index (χ4n) is 4.06. The summed E-state index contributed by atoms with van der Waals surface area (Å²) in [6.07, 6.45) is 6.21. The Labute approximate surface area is 163 Å². The van der Waals surface area contributed by atoms with Gasteiger partial charge in [-0.2, -0.15) is 5.10 Å². The first-order valence-electron chi connectivity index (χ1n) is 10.1. The fourth-order valence-corrected chi connectivity index (χ4v) is 4.06. The van der Waals surface area contributed by atoms with Crippen molar-refractivity contribution < 1.29 is 0 Å². The molecule has 0 atom stereocenters. The molecule has 1 saturated carbocycles. The van der Waals surface area contributed by atoms with Crippen LogP contribution in [0.2, 0.25) is 0 Å². The van der Waals surface area contributed by atoms with E-state index in [9.17, 15) is 4.79 Å². The number of aromatic nitrogens is 5. The van der Waals surface area contributed by atoms with Crippen LogP contribution in [0.3, 0.4) is 0 Å². The molecular formula is C21H24N6O. The Morgan fingerprint density at radius 3 is 2.68 bits per heavy atom. The van der Waals surface area contributed by atoms with Gasteiger partial charge in [-0.1, -0.05) is 0 Å². The summed E-state index contributed by atoms with van der Waals surface area (Å²) in [6.45, 7) is 4.46. The molecule has 2 fully saturated rings. The normalized spacial score (nSPS) is 18.0. The van der Waals surface area contributed by atoms with Crippen LogP contribution in [-0.2, 0) is 6.54 Å². The van der Waals surface area contributed by atoms with Crippen molar-refractivity contribution in [3.63, 3.8) is 0 Å². The van der Waals surface area contributed by atoms with Gasteiger partial charge in [0, 0.05) is 37.8 Å². The molecule has 28 heavy (non-hydrogen) atoms. The largest absolute Gasteiger partial charge is 0.356 e. The van der Waals surface area contributed by atoms with Gasteiger partial charge in [0.1, 0.15) is 11.6 Å². The Balaban J connectivity index is 1.31. The van der Waals surface area contributed by atoms with Gasteiger partial charge in [0.15, 0.2) is 5.65 Å². The number of nitrogens with zero attached hydrogens (tertiary/aromatic N) is 6. The van der Waals surface area contributed by atoms with Gasteiger partial charge in [0.2, 0.25) is 0 Å². The minimum atomic E-state index is 0.00956. The highest BCUT2D eigenvalue weighted by molar-refractivity contribution is 5.86. The quantitative estimate of drug-likeness (QED) is 0.697. The number of piperidine rings is 1. The molecule has 0 spiro atoms. The standard InChI is InChI=1S/C21H24N6O/c1-14-23-20-17(3-2-10-22-20)21(24-14)26-11-8-15(9-12-26)13-27-19(28)7-6-18(25-27)16-4-5-16/h2-3,6-7,10,15-16H,4-5,8-9,11-13H2,1H3. The minimum Gasteiger partial charge on any atom is -0.356 e. The minimum absolute atomic E-state index is 0.00956. The Morgan fingerprint density at radius 1 is 1.07 bits per heavy atom. The van der Waals surface area contributed by atoms with Gasteiger partial charge in [-0.3, -0.25) is 4.79 Å². The average Bonchev–Trinajstić information content (AvgIpc) is 3.55. The first-order chi connectivity index (χ1) is 13.7. The van der Waals surface area contributed by atoms with Crippen molar-refractivity contribution in [2.75, 3.05) is 18.0 Å². The number of anilines is 1. The van der Waals surface area contributed by atoms with Crippen LogP contribution in [0.15, 0.2) is 35.3 Å². The maximum Gasteiger partial charge on any atom is 0.266 e. The molecule has 144 valence electrons. The van der Waals surface area contributed by atoms with Crippen LogP contribution in [0.5, 0.6) is 0 Å². The summed E-state index contributed by atoms with van der Waals surface area (Å²) >= 11 is 0. The van der Waals surface area contributed by atoms with E-state index in [2.05, 4.69) is 20.0 Å². The van der Waals surface area contributed by atoms with E-state index in [1.54, 1.807) is 16.9 Å². The Bertz CT molecular complexity index is 1070. The average molecular weight is 376 g/mol. The van der Waals surface area contributed by atoms with Gasteiger partial charge >= 0.3 is 0 Å². The molecule has 3 aromatic rings. The summed E-state index contributed by atoms with van der Waals surface area (Å²) in [5, 5.41) is 5.62. The van der Waals surface area contributed by atoms with Crippen molar-refractivity contribution in [3.05, 3.63) is 52.3 Å². The van der Waals surface area contributed by atoms with E-state index in [1.165, 1.54) is 12.8 Å². The molecule has 0 aromatic carbocycles. The number of hydrogen-bond acceptors (Lipinski definition) is 6. The van der Waals surface area contributed by atoms with Crippen LogP contribution < -0.4 is 10.5 Å².